The van der Waals surface area contributed by atoms with Gasteiger partial charge in [0.25, 0.3) is 0 Å². The Labute approximate surface area is 325 Å². The monoisotopic (exact) mass is 720 g/mol. The van der Waals surface area contributed by atoms with Crippen LogP contribution in [0.2, 0.25) is 0 Å². The summed E-state index contributed by atoms with van der Waals surface area (Å²) in [5.74, 6) is -0.0226. The molecule has 1 fully saturated rings. The molecule has 1 aliphatic carbocycles. The van der Waals surface area contributed by atoms with Crippen LogP contribution in [0.5, 0.6) is 0 Å². The number of hydrogen-bond donors (Lipinski definition) is 0. The molecule has 54 heavy (non-hydrogen) atoms. The number of ether oxygens (including phenoxy) is 2. The van der Waals surface area contributed by atoms with Crippen LogP contribution in [-0.4, -0.2) is 25.1 Å². The Balaban J connectivity index is 0.990. The van der Waals surface area contributed by atoms with E-state index in [0.717, 1.165) is 42.4 Å². The highest BCUT2D eigenvalue weighted by molar-refractivity contribution is 5.84. The zero-order chi connectivity index (χ0) is 37.7. The molecule has 3 nitrogen and oxygen atoms in total. The van der Waals surface area contributed by atoms with E-state index in [9.17, 15) is 4.79 Å². The van der Waals surface area contributed by atoms with Crippen molar-refractivity contribution in [3.05, 3.63) is 179 Å². The van der Waals surface area contributed by atoms with Gasteiger partial charge in [-0.05, 0) is 52.5 Å². The first-order valence-electron chi connectivity index (χ1n) is 20.4. The van der Waals surface area contributed by atoms with E-state index in [4.69, 9.17) is 9.47 Å². The first kappa shape index (κ1) is 39.4. The fourth-order valence-corrected chi connectivity index (χ4v) is 9.01. The topological polar surface area (TPSA) is 35.5 Å². The van der Waals surface area contributed by atoms with Crippen molar-refractivity contribution in [2.24, 2.45) is 11.3 Å². The SMILES string of the molecule is CC(C)(C)C(CCCCCCCCCOC1CCC(=O)C1COC(c1ccccc1)(c1ccccc1)c1ccccc1)(c1ccccc1)c1ccccc1. The van der Waals surface area contributed by atoms with Crippen LogP contribution in [0.3, 0.4) is 0 Å². The highest BCUT2D eigenvalue weighted by atomic mass is 16.5. The van der Waals surface area contributed by atoms with E-state index in [2.05, 4.69) is 154 Å². The number of hydrogen-bond acceptors (Lipinski definition) is 3. The average Bonchev–Trinajstić information content (AvgIpc) is 3.57. The first-order valence-corrected chi connectivity index (χ1v) is 20.4. The molecule has 6 rings (SSSR count). The number of unbranched alkanes of at least 4 members (excludes halogenated alkanes) is 6. The van der Waals surface area contributed by atoms with E-state index in [0.29, 0.717) is 19.6 Å². The van der Waals surface area contributed by atoms with Gasteiger partial charge in [0.05, 0.1) is 18.6 Å². The zero-order valence-corrected chi connectivity index (χ0v) is 32.8. The minimum absolute atomic E-state index is 0.0243. The lowest BCUT2D eigenvalue weighted by Gasteiger charge is -2.46. The van der Waals surface area contributed by atoms with Crippen molar-refractivity contribution in [1.82, 2.24) is 0 Å². The predicted octanol–water partition coefficient (Wildman–Crippen LogP) is 12.5. The first-order chi connectivity index (χ1) is 26.4. The Morgan fingerprint density at radius 3 is 1.33 bits per heavy atom. The molecule has 1 saturated carbocycles. The minimum Gasteiger partial charge on any atom is -0.377 e. The largest absolute Gasteiger partial charge is 0.377 e. The zero-order valence-electron chi connectivity index (χ0n) is 32.8. The fourth-order valence-electron chi connectivity index (χ4n) is 9.01. The molecule has 0 N–H and O–H groups in total. The van der Waals surface area contributed by atoms with Gasteiger partial charge in [-0.2, -0.15) is 0 Å². The van der Waals surface area contributed by atoms with Gasteiger partial charge >= 0.3 is 0 Å². The molecule has 0 amide bonds. The van der Waals surface area contributed by atoms with Crippen LogP contribution in [0.1, 0.15) is 113 Å². The Hall–Kier alpha value is -4.31. The summed E-state index contributed by atoms with van der Waals surface area (Å²) in [6, 6.07) is 53.5. The summed E-state index contributed by atoms with van der Waals surface area (Å²) in [6.07, 6.45) is 10.7. The van der Waals surface area contributed by atoms with E-state index in [1.165, 1.54) is 43.2 Å². The maximum Gasteiger partial charge on any atom is 0.143 e. The van der Waals surface area contributed by atoms with Gasteiger partial charge in [-0.25, -0.2) is 0 Å². The van der Waals surface area contributed by atoms with Crippen molar-refractivity contribution in [2.75, 3.05) is 13.2 Å². The second-order valence-corrected chi connectivity index (χ2v) is 16.2. The van der Waals surface area contributed by atoms with Crippen LogP contribution in [-0.2, 0) is 25.3 Å². The number of carbonyl (C=O) groups excluding carboxylic acids is 1. The third-order valence-electron chi connectivity index (χ3n) is 11.9. The summed E-state index contributed by atoms with van der Waals surface area (Å²) in [6.45, 7) is 8.21. The van der Waals surface area contributed by atoms with Crippen LogP contribution in [0.15, 0.2) is 152 Å². The summed E-state index contributed by atoms with van der Waals surface area (Å²) in [4.78, 5) is 13.3. The Bertz CT molecular complexity index is 1680. The highest BCUT2D eigenvalue weighted by Crippen LogP contribution is 2.50. The second-order valence-electron chi connectivity index (χ2n) is 16.2. The molecule has 5 aromatic rings. The van der Waals surface area contributed by atoms with Gasteiger partial charge in [0.15, 0.2) is 0 Å². The van der Waals surface area contributed by atoms with Crippen molar-refractivity contribution in [2.45, 2.75) is 102 Å². The van der Waals surface area contributed by atoms with Crippen molar-refractivity contribution >= 4 is 5.78 Å². The molecule has 1 aliphatic rings. The molecule has 0 aliphatic heterocycles. The molecule has 0 bridgehead atoms. The molecule has 3 heteroatoms. The molecule has 0 aromatic heterocycles. The molecule has 0 saturated heterocycles. The van der Waals surface area contributed by atoms with Crippen LogP contribution >= 0.6 is 0 Å². The molecular formula is C51H60O3. The Morgan fingerprint density at radius 2 is 0.907 bits per heavy atom. The molecule has 5 aromatic carbocycles. The van der Waals surface area contributed by atoms with Gasteiger partial charge in [0.2, 0.25) is 0 Å². The normalized spacial score (nSPS) is 16.5. The number of ketones is 1. The third-order valence-corrected chi connectivity index (χ3v) is 11.9. The summed E-state index contributed by atoms with van der Waals surface area (Å²) >= 11 is 0. The molecule has 0 heterocycles. The van der Waals surface area contributed by atoms with Crippen LogP contribution in [0.25, 0.3) is 0 Å². The molecule has 2 unspecified atom stereocenters. The van der Waals surface area contributed by atoms with Gasteiger partial charge < -0.3 is 9.47 Å². The molecule has 0 radical (unpaired) electrons. The lowest BCUT2D eigenvalue weighted by molar-refractivity contribution is -0.128. The average molecular weight is 721 g/mol. The Morgan fingerprint density at radius 1 is 0.519 bits per heavy atom. The third kappa shape index (κ3) is 8.96. The highest BCUT2D eigenvalue weighted by Gasteiger charge is 2.44. The van der Waals surface area contributed by atoms with Gasteiger partial charge in [0, 0.05) is 18.4 Å². The van der Waals surface area contributed by atoms with Crippen molar-refractivity contribution in [3.8, 4) is 0 Å². The fraction of sp³-hybridized carbons (Fsp3) is 0.392. The molecular weight excluding hydrogens is 661 g/mol. The minimum atomic E-state index is -0.839. The molecule has 2 atom stereocenters. The van der Waals surface area contributed by atoms with E-state index in [-0.39, 0.29) is 28.6 Å². The van der Waals surface area contributed by atoms with Gasteiger partial charge in [-0.15, -0.1) is 0 Å². The quantitative estimate of drug-likeness (QED) is 0.0629. The predicted molar refractivity (Wildman–Crippen MR) is 223 cm³/mol. The van der Waals surface area contributed by atoms with Crippen molar-refractivity contribution in [3.63, 3.8) is 0 Å². The number of benzene rings is 5. The van der Waals surface area contributed by atoms with E-state index in [1.54, 1.807) is 0 Å². The van der Waals surface area contributed by atoms with Crippen LogP contribution < -0.4 is 0 Å². The summed E-state index contributed by atoms with van der Waals surface area (Å²) in [7, 11) is 0. The van der Waals surface area contributed by atoms with Gasteiger partial charge in [-0.1, -0.05) is 211 Å². The lowest BCUT2D eigenvalue weighted by atomic mass is 9.57. The number of carbonyl (C=O) groups is 1. The molecule has 282 valence electrons. The number of Topliss-reactive ketones (excluding diaryl/α,β-unsaturated/α-hetero) is 1. The second kappa shape index (κ2) is 18.8. The summed E-state index contributed by atoms with van der Waals surface area (Å²) in [5, 5.41) is 0. The maximum atomic E-state index is 13.3. The van der Waals surface area contributed by atoms with Crippen molar-refractivity contribution < 1.29 is 14.3 Å². The van der Waals surface area contributed by atoms with Crippen LogP contribution in [0.4, 0.5) is 0 Å². The lowest BCUT2D eigenvalue weighted by Crippen LogP contribution is -2.41. The van der Waals surface area contributed by atoms with Crippen molar-refractivity contribution in [1.29, 1.82) is 0 Å². The van der Waals surface area contributed by atoms with E-state index < -0.39 is 5.60 Å². The maximum absolute atomic E-state index is 13.3. The van der Waals surface area contributed by atoms with Gasteiger partial charge in [0.1, 0.15) is 11.4 Å². The van der Waals surface area contributed by atoms with E-state index >= 15 is 0 Å². The Kier molecular flexibility index (Phi) is 13.7. The standard InChI is InChI=1S/C51H60O3/c1-49(2,3)50(41-26-14-9-15-27-41,42-28-16-10-17-29-42)38-24-7-5-4-6-8-25-39-53-48-37-36-47(52)46(48)40-54-51(43-30-18-11-19-31-43,44-32-20-12-21-33-44)45-34-22-13-23-35-45/h9-23,26-35,46,48H,4-8,24-25,36-40H2,1-3H3. The number of rotatable bonds is 19. The van der Waals surface area contributed by atoms with Crippen LogP contribution in [0, 0.1) is 11.3 Å². The van der Waals surface area contributed by atoms with E-state index in [1.807, 2.05) is 18.2 Å². The van der Waals surface area contributed by atoms with Gasteiger partial charge in [-0.3, -0.25) is 4.79 Å². The molecule has 0 spiro atoms. The summed E-state index contributed by atoms with van der Waals surface area (Å²) < 4.78 is 13.5. The summed E-state index contributed by atoms with van der Waals surface area (Å²) in [5.41, 5.74) is 5.20. The smallest absolute Gasteiger partial charge is 0.143 e.